The predicted octanol–water partition coefficient (Wildman–Crippen LogP) is 3.26. The van der Waals surface area contributed by atoms with Gasteiger partial charge >= 0.3 is 0 Å². The highest BCUT2D eigenvalue weighted by atomic mass is 35.5. The zero-order chi connectivity index (χ0) is 7.68. The SMILES string of the molecule is Clc1ccc2c(c1)SC=C=N2. The first kappa shape index (κ1) is 6.99. The second-order valence-corrected chi connectivity index (χ2v) is 3.44. The lowest BCUT2D eigenvalue weighted by molar-refractivity contribution is 1.38. The molecule has 2 rings (SSSR count). The summed E-state index contributed by atoms with van der Waals surface area (Å²) in [5.41, 5.74) is 0.946. The topological polar surface area (TPSA) is 12.4 Å². The van der Waals surface area contributed by atoms with Crippen LogP contribution in [0.15, 0.2) is 33.5 Å². The van der Waals surface area contributed by atoms with Crippen LogP contribution < -0.4 is 0 Å². The van der Waals surface area contributed by atoms with Crippen molar-refractivity contribution in [3.8, 4) is 0 Å². The van der Waals surface area contributed by atoms with Gasteiger partial charge < -0.3 is 0 Å². The van der Waals surface area contributed by atoms with E-state index in [4.69, 9.17) is 11.6 Å². The van der Waals surface area contributed by atoms with Gasteiger partial charge in [0.2, 0.25) is 0 Å². The molecule has 0 saturated heterocycles. The molecule has 0 saturated carbocycles. The van der Waals surface area contributed by atoms with Crippen molar-refractivity contribution >= 4 is 34.9 Å². The zero-order valence-corrected chi connectivity index (χ0v) is 7.12. The van der Waals surface area contributed by atoms with E-state index >= 15 is 0 Å². The Hall–Kier alpha value is -0.690. The maximum Gasteiger partial charge on any atom is 0.0870 e. The van der Waals surface area contributed by atoms with Gasteiger partial charge in [0.05, 0.1) is 5.69 Å². The zero-order valence-electron chi connectivity index (χ0n) is 5.54. The Morgan fingerprint density at radius 1 is 1.45 bits per heavy atom. The van der Waals surface area contributed by atoms with Crippen LogP contribution in [-0.2, 0) is 0 Å². The first-order valence-electron chi connectivity index (χ1n) is 3.10. The van der Waals surface area contributed by atoms with E-state index in [0.717, 1.165) is 15.6 Å². The number of aliphatic imine (C=N–C) groups is 1. The molecule has 0 aromatic heterocycles. The quantitative estimate of drug-likeness (QED) is 0.599. The highest BCUT2D eigenvalue weighted by molar-refractivity contribution is 8.02. The number of thioether (sulfide) groups is 1. The second kappa shape index (κ2) is 2.74. The minimum atomic E-state index is 0.752. The Balaban J connectivity index is 2.60. The maximum absolute atomic E-state index is 5.79. The van der Waals surface area contributed by atoms with Crippen LogP contribution in [0, 0.1) is 0 Å². The van der Waals surface area contributed by atoms with Crippen LogP contribution >= 0.6 is 23.4 Å². The van der Waals surface area contributed by atoms with Crippen molar-refractivity contribution in [1.82, 2.24) is 0 Å². The fourth-order valence-corrected chi connectivity index (χ4v) is 1.76. The molecule has 1 aromatic rings. The van der Waals surface area contributed by atoms with Gasteiger partial charge in [-0.3, -0.25) is 0 Å². The summed E-state index contributed by atoms with van der Waals surface area (Å²) in [5.74, 6) is 2.78. The van der Waals surface area contributed by atoms with Gasteiger partial charge in [0.1, 0.15) is 0 Å². The van der Waals surface area contributed by atoms with Crippen LogP contribution in [0.1, 0.15) is 0 Å². The number of benzene rings is 1. The number of nitrogens with zero attached hydrogens (tertiary/aromatic N) is 1. The van der Waals surface area contributed by atoms with Crippen LogP contribution in [0.25, 0.3) is 0 Å². The molecule has 0 spiro atoms. The fraction of sp³-hybridized carbons (Fsp3) is 0. The summed E-state index contributed by atoms with van der Waals surface area (Å²) < 4.78 is 0. The third-order valence-corrected chi connectivity index (χ3v) is 2.38. The summed E-state index contributed by atoms with van der Waals surface area (Å²) in [6, 6.07) is 5.63. The molecule has 0 unspecified atom stereocenters. The minimum Gasteiger partial charge on any atom is -0.205 e. The van der Waals surface area contributed by atoms with Gasteiger partial charge in [-0.25, -0.2) is 4.99 Å². The standard InChI is InChI=1S/C8H4ClNS/c9-6-1-2-7-8(5-6)11-4-3-10-7/h1-2,4-5H. The summed E-state index contributed by atoms with van der Waals surface area (Å²) in [4.78, 5) is 5.14. The lowest BCUT2D eigenvalue weighted by Gasteiger charge is -2.03. The normalized spacial score (nSPS) is 13.2. The van der Waals surface area contributed by atoms with Gasteiger partial charge in [-0.2, -0.15) is 0 Å². The van der Waals surface area contributed by atoms with E-state index in [2.05, 4.69) is 10.9 Å². The number of hydrogen-bond donors (Lipinski definition) is 0. The average Bonchev–Trinajstić information content (AvgIpc) is 2.04. The number of halogens is 1. The highest BCUT2D eigenvalue weighted by Gasteiger charge is 2.03. The highest BCUT2D eigenvalue weighted by Crippen LogP contribution is 2.33. The smallest absolute Gasteiger partial charge is 0.0870 e. The molecule has 1 nitrogen and oxygen atoms in total. The summed E-state index contributed by atoms with van der Waals surface area (Å²) in [6.45, 7) is 0. The molecule has 11 heavy (non-hydrogen) atoms. The summed E-state index contributed by atoms with van der Waals surface area (Å²) >= 11 is 7.38. The molecule has 0 amide bonds. The Morgan fingerprint density at radius 2 is 2.36 bits per heavy atom. The summed E-state index contributed by atoms with van der Waals surface area (Å²) in [7, 11) is 0. The van der Waals surface area contributed by atoms with Gasteiger partial charge in [0.15, 0.2) is 0 Å². The van der Waals surface area contributed by atoms with Gasteiger partial charge in [0, 0.05) is 15.3 Å². The molecule has 0 N–H and O–H groups in total. The molecule has 54 valence electrons. The molecule has 0 radical (unpaired) electrons. The Morgan fingerprint density at radius 3 is 3.27 bits per heavy atom. The average molecular weight is 182 g/mol. The van der Waals surface area contributed by atoms with Crippen molar-refractivity contribution < 1.29 is 0 Å². The fourth-order valence-electron chi connectivity index (χ4n) is 0.860. The first-order chi connectivity index (χ1) is 5.36. The third-order valence-electron chi connectivity index (χ3n) is 1.35. The molecule has 1 aromatic carbocycles. The summed E-state index contributed by atoms with van der Waals surface area (Å²) in [5, 5.41) is 2.57. The van der Waals surface area contributed by atoms with Crippen molar-refractivity contribution in [1.29, 1.82) is 0 Å². The molecular formula is C8H4ClNS. The monoisotopic (exact) mass is 181 g/mol. The van der Waals surface area contributed by atoms with E-state index in [1.54, 1.807) is 11.8 Å². The van der Waals surface area contributed by atoms with E-state index in [1.807, 2.05) is 23.6 Å². The molecule has 0 bridgehead atoms. The molecule has 1 heterocycles. The van der Waals surface area contributed by atoms with E-state index in [1.165, 1.54) is 0 Å². The molecular weight excluding hydrogens is 178 g/mol. The Labute approximate surface area is 73.8 Å². The van der Waals surface area contributed by atoms with Gasteiger partial charge in [-0.05, 0) is 24.1 Å². The molecule has 1 aliphatic heterocycles. The number of fused-ring (bicyclic) bond motifs is 1. The van der Waals surface area contributed by atoms with E-state index in [0.29, 0.717) is 0 Å². The van der Waals surface area contributed by atoms with Crippen molar-refractivity contribution in [3.05, 3.63) is 28.6 Å². The third kappa shape index (κ3) is 1.33. The van der Waals surface area contributed by atoms with Gasteiger partial charge in [-0.1, -0.05) is 23.4 Å². The van der Waals surface area contributed by atoms with Crippen molar-refractivity contribution in [2.24, 2.45) is 4.99 Å². The van der Waals surface area contributed by atoms with Gasteiger partial charge in [0.25, 0.3) is 0 Å². The van der Waals surface area contributed by atoms with E-state index < -0.39 is 0 Å². The van der Waals surface area contributed by atoms with Crippen LogP contribution in [0.4, 0.5) is 5.69 Å². The molecule has 0 fully saturated rings. The lowest BCUT2D eigenvalue weighted by Crippen LogP contribution is -1.75. The van der Waals surface area contributed by atoms with Crippen LogP contribution in [-0.4, -0.2) is 5.87 Å². The summed E-state index contributed by atoms with van der Waals surface area (Å²) in [6.07, 6.45) is 0. The molecule has 3 heteroatoms. The Bertz CT molecular complexity index is 353. The van der Waals surface area contributed by atoms with Crippen molar-refractivity contribution in [3.63, 3.8) is 0 Å². The van der Waals surface area contributed by atoms with Crippen LogP contribution in [0.2, 0.25) is 5.02 Å². The van der Waals surface area contributed by atoms with Crippen LogP contribution in [0.3, 0.4) is 0 Å². The van der Waals surface area contributed by atoms with E-state index in [9.17, 15) is 0 Å². The first-order valence-corrected chi connectivity index (χ1v) is 4.36. The molecule has 0 atom stereocenters. The van der Waals surface area contributed by atoms with Crippen molar-refractivity contribution in [2.75, 3.05) is 0 Å². The van der Waals surface area contributed by atoms with Gasteiger partial charge in [-0.15, -0.1) is 0 Å². The van der Waals surface area contributed by atoms with Crippen molar-refractivity contribution in [2.45, 2.75) is 4.90 Å². The largest absolute Gasteiger partial charge is 0.205 e. The second-order valence-electron chi connectivity index (χ2n) is 2.09. The number of rotatable bonds is 0. The molecule has 1 aliphatic rings. The van der Waals surface area contributed by atoms with E-state index in [-0.39, 0.29) is 0 Å². The molecule has 0 aliphatic carbocycles. The maximum atomic E-state index is 5.79. The predicted molar refractivity (Wildman–Crippen MR) is 49.0 cm³/mol. The van der Waals surface area contributed by atoms with Crippen LogP contribution in [0.5, 0.6) is 0 Å². The Kier molecular flexibility index (Phi) is 1.74. The lowest BCUT2D eigenvalue weighted by atomic mass is 10.3. The number of hydrogen-bond acceptors (Lipinski definition) is 2. The minimum absolute atomic E-state index is 0.752.